The number of hydrogen-bond donors (Lipinski definition) is 0. The zero-order valence-electron chi connectivity index (χ0n) is 9.22. The van der Waals surface area contributed by atoms with Gasteiger partial charge in [0.2, 0.25) is 0 Å². The summed E-state index contributed by atoms with van der Waals surface area (Å²) >= 11 is 3.66. The lowest BCUT2D eigenvalue weighted by atomic mass is 9.93. The van der Waals surface area contributed by atoms with Crippen molar-refractivity contribution < 1.29 is 0 Å². The summed E-state index contributed by atoms with van der Waals surface area (Å²) in [6, 6.07) is 6.47. The Morgan fingerprint density at radius 3 is 2.60 bits per heavy atom. The van der Waals surface area contributed by atoms with Crippen molar-refractivity contribution in [1.29, 1.82) is 0 Å². The molecule has 1 aliphatic carbocycles. The minimum atomic E-state index is 1.25. The highest BCUT2D eigenvalue weighted by Gasteiger charge is 2.06. The summed E-state index contributed by atoms with van der Waals surface area (Å²) in [4.78, 5) is 0. The molecule has 0 aliphatic heterocycles. The molecular weight excluding hydrogens is 248 g/mol. The Labute approximate surface area is 101 Å². The molecule has 15 heavy (non-hydrogen) atoms. The van der Waals surface area contributed by atoms with Crippen molar-refractivity contribution in [2.75, 3.05) is 0 Å². The first-order valence-electron chi connectivity index (χ1n) is 5.72. The Bertz CT molecular complexity index is 369. The monoisotopic (exact) mass is 264 g/mol. The number of aryl methyl sites for hydroxylation is 1. The molecule has 0 N–H and O–H groups in total. The first kappa shape index (κ1) is 10.9. The van der Waals surface area contributed by atoms with E-state index in [0.717, 1.165) is 0 Å². The number of hydrogen-bond acceptors (Lipinski definition) is 0. The molecule has 1 heteroatoms. The first-order valence-corrected chi connectivity index (χ1v) is 6.51. The van der Waals surface area contributed by atoms with E-state index in [1.165, 1.54) is 47.7 Å². The standard InChI is InChI=1S/C14H17Br/c1-11-6-5-9-13(14(11)15)10-12-7-3-2-4-8-12/h5-6,9-10H,2-4,7-8H2,1H3. The van der Waals surface area contributed by atoms with Gasteiger partial charge in [0.15, 0.2) is 0 Å². The summed E-state index contributed by atoms with van der Waals surface area (Å²) in [5, 5.41) is 0. The van der Waals surface area contributed by atoms with Crippen LogP contribution in [0.2, 0.25) is 0 Å². The van der Waals surface area contributed by atoms with Crippen LogP contribution in [0.4, 0.5) is 0 Å². The average molecular weight is 265 g/mol. The maximum absolute atomic E-state index is 3.66. The lowest BCUT2D eigenvalue weighted by Gasteiger charge is -2.14. The van der Waals surface area contributed by atoms with Gasteiger partial charge in [0.05, 0.1) is 0 Å². The molecule has 0 amide bonds. The van der Waals surface area contributed by atoms with Crippen LogP contribution in [0, 0.1) is 6.92 Å². The van der Waals surface area contributed by atoms with Gasteiger partial charge in [-0.05, 0) is 59.7 Å². The van der Waals surface area contributed by atoms with Crippen molar-refractivity contribution >= 4 is 22.0 Å². The molecule has 1 aromatic rings. The lowest BCUT2D eigenvalue weighted by molar-refractivity contribution is 0.602. The minimum Gasteiger partial charge on any atom is -0.0696 e. The third-order valence-corrected chi connectivity index (χ3v) is 4.16. The summed E-state index contributed by atoms with van der Waals surface area (Å²) in [6.45, 7) is 2.15. The van der Waals surface area contributed by atoms with E-state index in [1.807, 2.05) is 0 Å². The van der Waals surface area contributed by atoms with E-state index in [1.54, 1.807) is 5.57 Å². The molecule has 0 radical (unpaired) electrons. The highest BCUT2D eigenvalue weighted by Crippen LogP contribution is 2.28. The molecule has 0 atom stereocenters. The summed E-state index contributed by atoms with van der Waals surface area (Å²) in [5.74, 6) is 0. The van der Waals surface area contributed by atoms with Gasteiger partial charge in [-0.25, -0.2) is 0 Å². The molecule has 2 rings (SSSR count). The molecule has 1 fully saturated rings. The van der Waals surface area contributed by atoms with E-state index in [0.29, 0.717) is 0 Å². The second-order valence-corrected chi connectivity index (χ2v) is 5.13. The molecule has 1 aromatic carbocycles. The van der Waals surface area contributed by atoms with Gasteiger partial charge in [-0.2, -0.15) is 0 Å². The van der Waals surface area contributed by atoms with Crippen molar-refractivity contribution in [2.24, 2.45) is 0 Å². The summed E-state index contributed by atoms with van der Waals surface area (Å²) in [5.41, 5.74) is 4.28. The summed E-state index contributed by atoms with van der Waals surface area (Å²) < 4.78 is 1.25. The van der Waals surface area contributed by atoms with E-state index in [2.05, 4.69) is 47.1 Å². The Kier molecular flexibility index (Phi) is 3.63. The smallest absolute Gasteiger partial charge is 0.0276 e. The molecule has 80 valence electrons. The topological polar surface area (TPSA) is 0 Å². The predicted molar refractivity (Wildman–Crippen MR) is 69.9 cm³/mol. The third-order valence-electron chi connectivity index (χ3n) is 3.08. The average Bonchev–Trinajstić information content (AvgIpc) is 2.26. The second-order valence-electron chi connectivity index (χ2n) is 4.34. The largest absolute Gasteiger partial charge is 0.0696 e. The van der Waals surface area contributed by atoms with Gasteiger partial charge in [-0.1, -0.05) is 36.3 Å². The first-order chi connectivity index (χ1) is 7.27. The number of allylic oxidation sites excluding steroid dienone is 1. The molecule has 0 saturated heterocycles. The van der Waals surface area contributed by atoms with Gasteiger partial charge >= 0.3 is 0 Å². The van der Waals surface area contributed by atoms with E-state index >= 15 is 0 Å². The Hall–Kier alpha value is -0.560. The molecule has 1 aliphatic rings. The maximum atomic E-state index is 3.66. The molecule has 0 nitrogen and oxygen atoms in total. The van der Waals surface area contributed by atoms with Crippen molar-refractivity contribution in [3.05, 3.63) is 39.4 Å². The van der Waals surface area contributed by atoms with E-state index < -0.39 is 0 Å². The summed E-state index contributed by atoms with van der Waals surface area (Å²) in [6.07, 6.45) is 9.11. The van der Waals surface area contributed by atoms with Crippen LogP contribution in [0.25, 0.3) is 6.08 Å². The molecular formula is C14H17Br. The molecule has 0 aromatic heterocycles. The van der Waals surface area contributed by atoms with Crippen LogP contribution in [0.1, 0.15) is 43.2 Å². The molecule has 0 bridgehead atoms. The van der Waals surface area contributed by atoms with Crippen molar-refractivity contribution in [2.45, 2.75) is 39.0 Å². The Morgan fingerprint density at radius 2 is 1.87 bits per heavy atom. The third kappa shape index (κ3) is 2.72. The Morgan fingerprint density at radius 1 is 1.13 bits per heavy atom. The van der Waals surface area contributed by atoms with Crippen LogP contribution in [0.5, 0.6) is 0 Å². The predicted octanol–water partition coefficient (Wildman–Crippen LogP) is 5.11. The van der Waals surface area contributed by atoms with Crippen LogP contribution < -0.4 is 0 Å². The fraction of sp³-hybridized carbons (Fsp3) is 0.429. The summed E-state index contributed by atoms with van der Waals surface area (Å²) in [7, 11) is 0. The van der Waals surface area contributed by atoms with Crippen molar-refractivity contribution in [3.63, 3.8) is 0 Å². The fourth-order valence-electron chi connectivity index (χ4n) is 2.15. The number of benzene rings is 1. The molecule has 0 spiro atoms. The normalized spacial score (nSPS) is 16.5. The highest BCUT2D eigenvalue weighted by molar-refractivity contribution is 9.10. The maximum Gasteiger partial charge on any atom is 0.0276 e. The van der Waals surface area contributed by atoms with Gasteiger partial charge in [0.1, 0.15) is 0 Å². The van der Waals surface area contributed by atoms with Gasteiger partial charge in [-0.15, -0.1) is 0 Å². The SMILES string of the molecule is Cc1cccc(C=C2CCCCC2)c1Br. The minimum absolute atomic E-state index is 1.25. The van der Waals surface area contributed by atoms with E-state index in [9.17, 15) is 0 Å². The zero-order chi connectivity index (χ0) is 10.7. The van der Waals surface area contributed by atoms with Crippen LogP contribution in [-0.2, 0) is 0 Å². The van der Waals surface area contributed by atoms with Crippen molar-refractivity contribution in [3.8, 4) is 0 Å². The van der Waals surface area contributed by atoms with Gasteiger partial charge in [-0.3, -0.25) is 0 Å². The fourth-order valence-corrected chi connectivity index (χ4v) is 2.53. The van der Waals surface area contributed by atoms with Crippen LogP contribution in [0.3, 0.4) is 0 Å². The van der Waals surface area contributed by atoms with Crippen molar-refractivity contribution in [1.82, 2.24) is 0 Å². The highest BCUT2D eigenvalue weighted by atomic mass is 79.9. The van der Waals surface area contributed by atoms with E-state index in [-0.39, 0.29) is 0 Å². The molecule has 0 unspecified atom stereocenters. The van der Waals surface area contributed by atoms with Crippen LogP contribution >= 0.6 is 15.9 Å². The van der Waals surface area contributed by atoms with Crippen LogP contribution in [0.15, 0.2) is 28.2 Å². The van der Waals surface area contributed by atoms with Crippen LogP contribution in [-0.4, -0.2) is 0 Å². The molecule has 0 heterocycles. The Balaban J connectivity index is 2.25. The quantitative estimate of drug-likeness (QED) is 0.662. The van der Waals surface area contributed by atoms with Gasteiger partial charge in [0.25, 0.3) is 0 Å². The number of rotatable bonds is 1. The zero-order valence-corrected chi connectivity index (χ0v) is 10.8. The number of halogens is 1. The second kappa shape index (κ2) is 4.98. The van der Waals surface area contributed by atoms with Gasteiger partial charge < -0.3 is 0 Å². The lowest BCUT2D eigenvalue weighted by Crippen LogP contribution is -1.93. The molecule has 1 saturated carbocycles. The van der Waals surface area contributed by atoms with E-state index in [4.69, 9.17) is 0 Å². The van der Waals surface area contributed by atoms with Gasteiger partial charge in [0, 0.05) is 4.47 Å².